The van der Waals surface area contributed by atoms with Gasteiger partial charge in [0.15, 0.2) is 0 Å². The van der Waals surface area contributed by atoms with Gasteiger partial charge in [-0.3, -0.25) is 0 Å². The highest BCUT2D eigenvalue weighted by atomic mass is 79.9. The Labute approximate surface area is 118 Å². The van der Waals surface area contributed by atoms with Gasteiger partial charge in [-0.05, 0) is 40.2 Å². The molecule has 2 aromatic carbocycles. The van der Waals surface area contributed by atoms with Crippen LogP contribution < -0.4 is 10.5 Å². The van der Waals surface area contributed by atoms with Gasteiger partial charge in [0.25, 0.3) is 0 Å². The summed E-state index contributed by atoms with van der Waals surface area (Å²) < 4.78 is 19.8. The molecule has 2 N–H and O–H groups in total. The van der Waals surface area contributed by atoms with Crippen LogP contribution in [0.15, 0.2) is 40.9 Å². The molecular formula is C13H10BrClFNO. The molecule has 0 aliphatic carbocycles. The maximum absolute atomic E-state index is 13.5. The first kappa shape index (κ1) is 13.2. The second-order valence-corrected chi connectivity index (χ2v) is 4.94. The van der Waals surface area contributed by atoms with Crippen molar-refractivity contribution in [1.82, 2.24) is 0 Å². The normalized spacial score (nSPS) is 10.4. The Kier molecular flexibility index (Phi) is 4.09. The smallest absolute Gasteiger partial charge is 0.136 e. The topological polar surface area (TPSA) is 35.2 Å². The van der Waals surface area contributed by atoms with E-state index >= 15 is 0 Å². The lowest BCUT2D eigenvalue weighted by Gasteiger charge is -2.10. The molecule has 0 fully saturated rings. The fourth-order valence-corrected chi connectivity index (χ4v) is 2.03. The van der Waals surface area contributed by atoms with E-state index < -0.39 is 0 Å². The Balaban J connectivity index is 2.19. The molecule has 0 atom stereocenters. The SMILES string of the molecule is Nc1ccc(Br)c(OCc2c(F)cccc2Cl)c1. The van der Waals surface area contributed by atoms with Crippen molar-refractivity contribution < 1.29 is 9.13 Å². The van der Waals surface area contributed by atoms with Gasteiger partial charge in [-0.1, -0.05) is 17.7 Å². The zero-order valence-corrected chi connectivity index (χ0v) is 11.6. The van der Waals surface area contributed by atoms with E-state index in [2.05, 4.69) is 15.9 Å². The molecule has 0 heterocycles. The Bertz CT molecular complexity index is 557. The van der Waals surface area contributed by atoms with E-state index in [0.717, 1.165) is 4.47 Å². The first-order valence-corrected chi connectivity index (χ1v) is 6.35. The number of rotatable bonds is 3. The monoisotopic (exact) mass is 329 g/mol. The summed E-state index contributed by atoms with van der Waals surface area (Å²) in [5, 5.41) is 0.343. The van der Waals surface area contributed by atoms with Crippen molar-refractivity contribution in [2.24, 2.45) is 0 Å². The molecule has 0 aromatic heterocycles. The fourth-order valence-electron chi connectivity index (χ4n) is 1.45. The van der Waals surface area contributed by atoms with E-state index in [1.54, 1.807) is 30.3 Å². The van der Waals surface area contributed by atoms with Crippen molar-refractivity contribution >= 4 is 33.2 Å². The van der Waals surface area contributed by atoms with Crippen LogP contribution in [-0.2, 0) is 6.61 Å². The van der Waals surface area contributed by atoms with Crippen molar-refractivity contribution in [3.05, 3.63) is 57.3 Å². The summed E-state index contributed by atoms with van der Waals surface area (Å²) in [4.78, 5) is 0. The summed E-state index contributed by atoms with van der Waals surface area (Å²) in [7, 11) is 0. The van der Waals surface area contributed by atoms with Crippen molar-refractivity contribution in [2.45, 2.75) is 6.61 Å². The molecule has 0 saturated heterocycles. The molecule has 0 aliphatic rings. The first-order chi connectivity index (χ1) is 8.58. The number of ether oxygens (including phenoxy) is 1. The van der Waals surface area contributed by atoms with Crippen molar-refractivity contribution in [3.8, 4) is 5.75 Å². The summed E-state index contributed by atoms with van der Waals surface area (Å²) in [5.41, 5.74) is 6.56. The van der Waals surface area contributed by atoms with Crippen LogP contribution in [0.2, 0.25) is 5.02 Å². The third-order valence-corrected chi connectivity index (χ3v) is 3.40. The third-order valence-electron chi connectivity index (χ3n) is 2.39. The fraction of sp³-hybridized carbons (Fsp3) is 0.0769. The van der Waals surface area contributed by atoms with Gasteiger partial charge >= 0.3 is 0 Å². The van der Waals surface area contributed by atoms with Crippen LogP contribution in [0.4, 0.5) is 10.1 Å². The highest BCUT2D eigenvalue weighted by molar-refractivity contribution is 9.10. The molecular weight excluding hydrogens is 321 g/mol. The summed E-state index contributed by atoms with van der Waals surface area (Å²) >= 11 is 9.24. The van der Waals surface area contributed by atoms with Crippen molar-refractivity contribution in [1.29, 1.82) is 0 Å². The molecule has 2 rings (SSSR count). The summed E-state index contributed by atoms with van der Waals surface area (Å²) in [5.74, 6) is 0.164. The maximum Gasteiger partial charge on any atom is 0.136 e. The highest BCUT2D eigenvalue weighted by Gasteiger charge is 2.09. The molecule has 2 aromatic rings. The zero-order chi connectivity index (χ0) is 13.1. The van der Waals surface area contributed by atoms with Crippen LogP contribution in [0.3, 0.4) is 0 Å². The van der Waals surface area contributed by atoms with E-state index in [-0.39, 0.29) is 12.4 Å². The van der Waals surface area contributed by atoms with E-state index in [9.17, 15) is 4.39 Å². The lowest BCUT2D eigenvalue weighted by molar-refractivity contribution is 0.298. The number of benzene rings is 2. The predicted molar refractivity (Wildman–Crippen MR) is 74.3 cm³/mol. The van der Waals surface area contributed by atoms with Gasteiger partial charge in [0.1, 0.15) is 18.2 Å². The minimum Gasteiger partial charge on any atom is -0.487 e. The molecule has 0 bridgehead atoms. The highest BCUT2D eigenvalue weighted by Crippen LogP contribution is 2.29. The predicted octanol–water partition coefficient (Wildman–Crippen LogP) is 4.40. The largest absolute Gasteiger partial charge is 0.487 e. The number of nitrogen functional groups attached to an aromatic ring is 1. The molecule has 0 radical (unpaired) electrons. The van der Waals surface area contributed by atoms with Gasteiger partial charge in [0, 0.05) is 17.3 Å². The number of hydrogen-bond donors (Lipinski definition) is 1. The first-order valence-electron chi connectivity index (χ1n) is 5.18. The van der Waals surface area contributed by atoms with E-state index in [1.807, 2.05) is 0 Å². The van der Waals surface area contributed by atoms with Crippen LogP contribution in [0.5, 0.6) is 5.75 Å². The molecule has 5 heteroatoms. The number of nitrogens with two attached hydrogens (primary N) is 1. The van der Waals surface area contributed by atoms with Crippen LogP contribution in [0, 0.1) is 5.82 Å². The lowest BCUT2D eigenvalue weighted by Crippen LogP contribution is -2.00. The number of anilines is 1. The molecule has 0 amide bonds. The second-order valence-electron chi connectivity index (χ2n) is 3.68. The molecule has 0 saturated carbocycles. The van der Waals surface area contributed by atoms with Crippen LogP contribution in [-0.4, -0.2) is 0 Å². The Morgan fingerprint density at radius 1 is 1.28 bits per heavy atom. The average molecular weight is 331 g/mol. The molecule has 2 nitrogen and oxygen atoms in total. The third kappa shape index (κ3) is 2.94. The number of hydrogen-bond acceptors (Lipinski definition) is 2. The summed E-state index contributed by atoms with van der Waals surface area (Å²) in [6.45, 7) is 0.0492. The summed E-state index contributed by atoms with van der Waals surface area (Å²) in [6, 6.07) is 9.70. The van der Waals surface area contributed by atoms with Crippen LogP contribution >= 0.6 is 27.5 Å². The standard InChI is InChI=1S/C13H10BrClFNO/c14-10-5-4-8(17)6-13(10)18-7-9-11(15)2-1-3-12(9)16/h1-6H,7,17H2. The van der Waals surface area contributed by atoms with Crippen molar-refractivity contribution in [3.63, 3.8) is 0 Å². The Morgan fingerprint density at radius 3 is 2.78 bits per heavy atom. The average Bonchev–Trinajstić information content (AvgIpc) is 2.33. The Hall–Kier alpha value is -1.26. The van der Waals surface area contributed by atoms with Crippen molar-refractivity contribution in [2.75, 3.05) is 5.73 Å². The van der Waals surface area contributed by atoms with Crippen LogP contribution in [0.1, 0.15) is 5.56 Å². The van der Waals surface area contributed by atoms with E-state index in [1.165, 1.54) is 6.07 Å². The molecule has 0 spiro atoms. The molecule has 0 unspecified atom stereocenters. The quantitative estimate of drug-likeness (QED) is 0.846. The van der Waals surface area contributed by atoms with E-state index in [0.29, 0.717) is 22.0 Å². The Morgan fingerprint density at radius 2 is 2.06 bits per heavy atom. The maximum atomic E-state index is 13.5. The number of halogens is 3. The minimum absolute atomic E-state index is 0.0492. The van der Waals surface area contributed by atoms with Gasteiger partial charge in [-0.15, -0.1) is 0 Å². The van der Waals surface area contributed by atoms with Gasteiger partial charge in [0.2, 0.25) is 0 Å². The van der Waals surface area contributed by atoms with Gasteiger partial charge < -0.3 is 10.5 Å². The van der Waals surface area contributed by atoms with E-state index in [4.69, 9.17) is 22.1 Å². The lowest BCUT2D eigenvalue weighted by atomic mass is 10.2. The summed E-state index contributed by atoms with van der Waals surface area (Å²) in [6.07, 6.45) is 0. The van der Waals surface area contributed by atoms with Gasteiger partial charge in [-0.25, -0.2) is 4.39 Å². The second kappa shape index (κ2) is 5.59. The molecule has 0 aliphatic heterocycles. The van der Waals surface area contributed by atoms with Gasteiger partial charge in [0.05, 0.1) is 9.50 Å². The zero-order valence-electron chi connectivity index (χ0n) is 9.29. The van der Waals surface area contributed by atoms with Crippen LogP contribution in [0.25, 0.3) is 0 Å². The minimum atomic E-state index is -0.387. The van der Waals surface area contributed by atoms with Gasteiger partial charge in [-0.2, -0.15) is 0 Å². The molecule has 18 heavy (non-hydrogen) atoms. The molecule has 94 valence electrons.